The number of fused-ring (bicyclic) bond motifs is 1. The number of benzene rings is 2. The fourth-order valence-corrected chi connectivity index (χ4v) is 11.2. The molecule has 33 heavy (non-hydrogen) atoms. The van der Waals surface area contributed by atoms with Gasteiger partial charge in [0.1, 0.15) is 0 Å². The van der Waals surface area contributed by atoms with Crippen molar-refractivity contribution < 1.29 is 9.22 Å². The number of ketones is 1. The summed E-state index contributed by atoms with van der Waals surface area (Å²) in [6, 6.07) is 21.8. The van der Waals surface area contributed by atoms with E-state index in [0.29, 0.717) is 24.0 Å². The molecule has 4 rings (SSSR count). The SMILES string of the molecule is C[C@H](CCO[Si](c1ccccc1)(c1ccccc1)C(C)(C)C)[C@H]1CCC2=CC(=O)CC[C@@]21C. The monoisotopic (exact) mass is 460 g/mol. The van der Waals surface area contributed by atoms with Gasteiger partial charge in [-0.25, -0.2) is 0 Å². The molecular weight excluding hydrogens is 420 g/mol. The Morgan fingerprint density at radius 2 is 1.58 bits per heavy atom. The van der Waals surface area contributed by atoms with Crippen molar-refractivity contribution in [3.05, 3.63) is 72.3 Å². The Bertz CT molecular complexity index is 949. The van der Waals surface area contributed by atoms with Gasteiger partial charge in [-0.15, -0.1) is 0 Å². The highest BCUT2D eigenvalue weighted by Gasteiger charge is 2.51. The first-order valence-corrected chi connectivity index (χ1v) is 14.6. The van der Waals surface area contributed by atoms with E-state index in [2.05, 4.69) is 95.3 Å². The molecule has 176 valence electrons. The van der Waals surface area contributed by atoms with E-state index in [4.69, 9.17) is 4.43 Å². The molecule has 2 nitrogen and oxygen atoms in total. The van der Waals surface area contributed by atoms with Crippen LogP contribution in [0.1, 0.15) is 66.7 Å². The lowest BCUT2D eigenvalue weighted by atomic mass is 9.66. The topological polar surface area (TPSA) is 26.3 Å². The molecule has 1 saturated carbocycles. The maximum absolute atomic E-state index is 12.0. The van der Waals surface area contributed by atoms with E-state index in [1.165, 1.54) is 22.4 Å². The molecule has 0 aromatic heterocycles. The van der Waals surface area contributed by atoms with Gasteiger partial charge in [0.15, 0.2) is 5.78 Å². The van der Waals surface area contributed by atoms with Gasteiger partial charge in [0.05, 0.1) is 0 Å². The molecule has 1 fully saturated rings. The molecule has 0 heterocycles. The molecule has 2 aliphatic rings. The van der Waals surface area contributed by atoms with Crippen molar-refractivity contribution >= 4 is 24.5 Å². The molecular formula is C30H40O2Si. The fourth-order valence-electron chi connectivity index (χ4n) is 6.66. The van der Waals surface area contributed by atoms with E-state index in [0.717, 1.165) is 25.9 Å². The molecule has 0 radical (unpaired) electrons. The second kappa shape index (κ2) is 9.35. The van der Waals surface area contributed by atoms with Crippen molar-refractivity contribution in [1.82, 2.24) is 0 Å². The van der Waals surface area contributed by atoms with Crippen LogP contribution in [0.3, 0.4) is 0 Å². The highest BCUT2D eigenvalue weighted by Crippen LogP contribution is 2.55. The van der Waals surface area contributed by atoms with Crippen LogP contribution in [0.2, 0.25) is 5.04 Å². The maximum atomic E-state index is 12.0. The van der Waals surface area contributed by atoms with Crippen molar-refractivity contribution in [3.8, 4) is 0 Å². The smallest absolute Gasteiger partial charge is 0.261 e. The van der Waals surface area contributed by atoms with Crippen molar-refractivity contribution in [3.63, 3.8) is 0 Å². The van der Waals surface area contributed by atoms with Gasteiger partial charge < -0.3 is 4.43 Å². The Balaban J connectivity index is 1.57. The highest BCUT2D eigenvalue weighted by atomic mass is 28.4. The molecule has 2 aromatic carbocycles. The van der Waals surface area contributed by atoms with E-state index in [1.807, 2.05) is 6.08 Å². The van der Waals surface area contributed by atoms with Crippen LogP contribution in [0.25, 0.3) is 0 Å². The Morgan fingerprint density at radius 3 is 2.12 bits per heavy atom. The lowest BCUT2D eigenvalue weighted by Crippen LogP contribution is -2.66. The number of carbonyl (C=O) groups is 1. The van der Waals surface area contributed by atoms with Crippen LogP contribution in [-0.2, 0) is 9.22 Å². The number of rotatable bonds is 7. The molecule has 0 amide bonds. The Morgan fingerprint density at radius 1 is 1.00 bits per heavy atom. The summed E-state index contributed by atoms with van der Waals surface area (Å²) in [6.07, 6.45) is 7.05. The van der Waals surface area contributed by atoms with Gasteiger partial charge in [-0.2, -0.15) is 0 Å². The van der Waals surface area contributed by atoms with Crippen LogP contribution in [0, 0.1) is 17.3 Å². The summed E-state index contributed by atoms with van der Waals surface area (Å²) >= 11 is 0. The normalized spacial score (nSPS) is 24.3. The summed E-state index contributed by atoms with van der Waals surface area (Å²) in [7, 11) is -2.47. The van der Waals surface area contributed by atoms with Gasteiger partial charge in [0.25, 0.3) is 8.32 Å². The van der Waals surface area contributed by atoms with Gasteiger partial charge in [0.2, 0.25) is 0 Å². The summed E-state index contributed by atoms with van der Waals surface area (Å²) in [5.74, 6) is 1.54. The third-order valence-electron chi connectivity index (χ3n) is 8.50. The molecule has 0 bridgehead atoms. The lowest BCUT2D eigenvalue weighted by Gasteiger charge is -2.44. The van der Waals surface area contributed by atoms with Gasteiger partial charge in [-0.3, -0.25) is 4.79 Å². The van der Waals surface area contributed by atoms with Crippen molar-refractivity contribution in [2.24, 2.45) is 17.3 Å². The molecule has 3 atom stereocenters. The summed E-state index contributed by atoms with van der Waals surface area (Å²) in [4.78, 5) is 12.0. The Labute approximate surface area is 201 Å². The predicted octanol–water partition coefficient (Wildman–Crippen LogP) is 6.29. The standard InChI is InChI=1S/C30H40O2Si/c1-23(28-17-16-24-22-25(31)18-20-30(24,28)5)19-21-32-33(29(2,3)4,26-12-8-6-9-13-26)27-14-10-7-11-15-27/h6-15,22-23,28H,16-21H2,1-5H3/t23-,28-,30+/m1/s1. The van der Waals surface area contributed by atoms with Crippen LogP contribution in [0.5, 0.6) is 0 Å². The van der Waals surface area contributed by atoms with E-state index in [1.54, 1.807) is 0 Å². The molecule has 0 aliphatic heterocycles. The average Bonchev–Trinajstić information content (AvgIpc) is 3.13. The Hall–Kier alpha value is -1.97. The predicted molar refractivity (Wildman–Crippen MR) is 141 cm³/mol. The molecule has 3 heteroatoms. The fraction of sp³-hybridized carbons (Fsp3) is 0.500. The summed E-state index contributed by atoms with van der Waals surface area (Å²) in [6.45, 7) is 12.6. The number of allylic oxidation sites excluding steroid dienone is 2. The van der Waals surface area contributed by atoms with Gasteiger partial charge >= 0.3 is 0 Å². The van der Waals surface area contributed by atoms with E-state index >= 15 is 0 Å². The third kappa shape index (κ3) is 4.42. The number of hydrogen-bond acceptors (Lipinski definition) is 2. The second-order valence-electron chi connectivity index (χ2n) is 11.5. The second-order valence-corrected chi connectivity index (χ2v) is 15.8. The molecule has 0 N–H and O–H groups in total. The maximum Gasteiger partial charge on any atom is 0.261 e. The van der Waals surface area contributed by atoms with E-state index in [-0.39, 0.29) is 10.5 Å². The van der Waals surface area contributed by atoms with Crippen molar-refractivity contribution in [1.29, 1.82) is 0 Å². The zero-order valence-electron chi connectivity index (χ0n) is 21.1. The van der Waals surface area contributed by atoms with Crippen LogP contribution in [0.15, 0.2) is 72.3 Å². The van der Waals surface area contributed by atoms with Gasteiger partial charge in [0, 0.05) is 13.0 Å². The first kappa shape index (κ1) is 24.2. The first-order valence-electron chi connectivity index (χ1n) is 12.7. The van der Waals surface area contributed by atoms with E-state index < -0.39 is 8.32 Å². The minimum atomic E-state index is -2.47. The van der Waals surface area contributed by atoms with Crippen molar-refractivity contribution in [2.45, 2.75) is 71.8 Å². The number of carbonyl (C=O) groups excluding carboxylic acids is 1. The molecule has 0 spiro atoms. The largest absolute Gasteiger partial charge is 0.407 e. The molecule has 2 aliphatic carbocycles. The summed E-state index contributed by atoms with van der Waals surface area (Å²) in [5.41, 5.74) is 1.61. The molecule has 0 saturated heterocycles. The lowest BCUT2D eigenvalue weighted by molar-refractivity contribution is -0.116. The average molecular weight is 461 g/mol. The summed E-state index contributed by atoms with van der Waals surface area (Å²) < 4.78 is 7.15. The zero-order chi connectivity index (χ0) is 23.7. The van der Waals surface area contributed by atoms with Gasteiger partial charge in [-0.1, -0.05) is 101 Å². The van der Waals surface area contributed by atoms with Crippen LogP contribution in [0.4, 0.5) is 0 Å². The first-order chi connectivity index (χ1) is 15.7. The third-order valence-corrected chi connectivity index (χ3v) is 13.5. The van der Waals surface area contributed by atoms with E-state index in [9.17, 15) is 4.79 Å². The van der Waals surface area contributed by atoms with Gasteiger partial charge in [-0.05, 0) is 64.4 Å². The van der Waals surface area contributed by atoms with Crippen molar-refractivity contribution in [2.75, 3.05) is 6.61 Å². The molecule has 2 aromatic rings. The quantitative estimate of drug-likeness (QED) is 0.454. The summed E-state index contributed by atoms with van der Waals surface area (Å²) in [5, 5.41) is 2.71. The number of hydrogen-bond donors (Lipinski definition) is 0. The highest BCUT2D eigenvalue weighted by molar-refractivity contribution is 6.99. The molecule has 0 unspecified atom stereocenters. The minimum absolute atomic E-state index is 0.0118. The zero-order valence-corrected chi connectivity index (χ0v) is 22.1. The Kier molecular flexibility index (Phi) is 6.84. The van der Waals surface area contributed by atoms with Crippen LogP contribution in [-0.4, -0.2) is 20.7 Å². The minimum Gasteiger partial charge on any atom is -0.407 e. The van der Waals surface area contributed by atoms with Crippen LogP contribution < -0.4 is 10.4 Å². The van der Waals surface area contributed by atoms with Crippen LogP contribution >= 0.6 is 0 Å².